The summed E-state index contributed by atoms with van der Waals surface area (Å²) in [6.45, 7) is 0. The summed E-state index contributed by atoms with van der Waals surface area (Å²) in [5.41, 5.74) is 17.7. The van der Waals surface area contributed by atoms with Crippen molar-refractivity contribution in [3.8, 4) is 0 Å². The number of benzene rings is 5. The molecule has 0 unspecified atom stereocenters. The van der Waals surface area contributed by atoms with Gasteiger partial charge in [0, 0.05) is 38.1 Å². The Hall–Kier alpha value is -4.86. The fourth-order valence-electron chi connectivity index (χ4n) is 6.24. The SMILES string of the molecule is N/C(=C\[C@@H](Cc1cccc2c3c(sc12)C(c1ccccc1)=C(Nc1ccccc1)CC3)c1ccccc1)c1ccccc1. The zero-order valence-electron chi connectivity index (χ0n) is 24.0. The lowest BCUT2D eigenvalue weighted by Gasteiger charge is -2.23. The largest absolute Gasteiger partial charge is 0.398 e. The first-order valence-electron chi connectivity index (χ1n) is 15.0. The number of nitrogens with two attached hydrogens (primary N) is 1. The van der Waals surface area contributed by atoms with Crippen molar-refractivity contribution >= 4 is 38.4 Å². The molecule has 6 aromatic rings. The van der Waals surface area contributed by atoms with Crippen molar-refractivity contribution in [3.05, 3.63) is 184 Å². The standard InChI is InChI=1S/C40H34N2S/c41-36(29-16-7-2-8-17-29)27-32(28-14-5-1-6-15-28)26-31-20-13-23-34-35-24-25-37(42-33-21-11-4-12-22-33)38(40(35)43-39(31)34)30-18-9-3-10-19-30/h1-23,27,32,42H,24-26,41H2/b36-27-/t32-/m1/s1. The van der Waals surface area contributed by atoms with E-state index in [0.29, 0.717) is 0 Å². The van der Waals surface area contributed by atoms with E-state index in [1.165, 1.54) is 48.5 Å². The van der Waals surface area contributed by atoms with Crippen LogP contribution in [0.4, 0.5) is 5.69 Å². The summed E-state index contributed by atoms with van der Waals surface area (Å²) >= 11 is 1.95. The average Bonchev–Trinajstić information content (AvgIpc) is 3.45. The van der Waals surface area contributed by atoms with E-state index < -0.39 is 0 Å². The summed E-state index contributed by atoms with van der Waals surface area (Å²) in [5.74, 6) is 0.158. The topological polar surface area (TPSA) is 38.0 Å². The van der Waals surface area contributed by atoms with Crippen molar-refractivity contribution in [2.75, 3.05) is 5.32 Å². The Balaban J connectivity index is 1.33. The number of nitrogens with one attached hydrogen (secondary N) is 1. The smallest absolute Gasteiger partial charge is 0.0411 e. The van der Waals surface area contributed by atoms with Crippen LogP contribution in [-0.2, 0) is 12.8 Å². The minimum atomic E-state index is 0.158. The van der Waals surface area contributed by atoms with Crippen LogP contribution in [0, 0.1) is 0 Å². The lowest BCUT2D eigenvalue weighted by atomic mass is 9.87. The van der Waals surface area contributed by atoms with Crippen LogP contribution in [0.25, 0.3) is 21.4 Å². The molecule has 0 radical (unpaired) electrons. The normalized spacial score (nSPS) is 14.0. The number of anilines is 1. The maximum Gasteiger partial charge on any atom is 0.0411 e. The molecule has 43 heavy (non-hydrogen) atoms. The zero-order chi connectivity index (χ0) is 29.0. The Labute approximate surface area is 257 Å². The highest BCUT2D eigenvalue weighted by Crippen LogP contribution is 2.46. The van der Waals surface area contributed by atoms with Crippen molar-refractivity contribution in [2.24, 2.45) is 5.73 Å². The molecule has 3 heteroatoms. The number of thiophene rings is 1. The van der Waals surface area contributed by atoms with E-state index >= 15 is 0 Å². The molecule has 210 valence electrons. The molecule has 5 aromatic carbocycles. The van der Waals surface area contributed by atoms with Crippen LogP contribution in [0.1, 0.15) is 45.0 Å². The van der Waals surface area contributed by atoms with E-state index in [-0.39, 0.29) is 5.92 Å². The fraction of sp³-hybridized carbons (Fsp3) is 0.100. The van der Waals surface area contributed by atoms with Gasteiger partial charge in [-0.15, -0.1) is 11.3 Å². The van der Waals surface area contributed by atoms with E-state index in [2.05, 4.69) is 133 Å². The van der Waals surface area contributed by atoms with E-state index in [1.807, 2.05) is 29.5 Å². The Morgan fingerprint density at radius 2 is 1.37 bits per heavy atom. The molecule has 1 heterocycles. The summed E-state index contributed by atoms with van der Waals surface area (Å²) in [7, 11) is 0. The molecule has 0 bridgehead atoms. The summed E-state index contributed by atoms with van der Waals surface area (Å²) in [5, 5.41) is 5.17. The Morgan fingerprint density at radius 1 is 0.721 bits per heavy atom. The molecule has 7 rings (SSSR count). The molecular formula is C40H34N2S. The third-order valence-electron chi connectivity index (χ3n) is 8.34. The van der Waals surface area contributed by atoms with Gasteiger partial charge < -0.3 is 11.1 Å². The van der Waals surface area contributed by atoms with E-state index in [0.717, 1.165) is 36.2 Å². The summed E-state index contributed by atoms with van der Waals surface area (Å²) in [6, 6.07) is 49.3. The van der Waals surface area contributed by atoms with Crippen LogP contribution >= 0.6 is 11.3 Å². The van der Waals surface area contributed by atoms with Gasteiger partial charge in [0.1, 0.15) is 0 Å². The summed E-state index contributed by atoms with van der Waals surface area (Å²) in [4.78, 5) is 1.38. The Bertz CT molecular complexity index is 1900. The van der Waals surface area contributed by atoms with Gasteiger partial charge in [0.05, 0.1) is 0 Å². The first-order valence-corrected chi connectivity index (χ1v) is 15.8. The minimum absolute atomic E-state index is 0.158. The van der Waals surface area contributed by atoms with Crippen LogP contribution < -0.4 is 11.1 Å². The Morgan fingerprint density at radius 3 is 2.09 bits per heavy atom. The van der Waals surface area contributed by atoms with Gasteiger partial charge in [-0.3, -0.25) is 0 Å². The third kappa shape index (κ3) is 5.64. The molecule has 0 amide bonds. The van der Waals surface area contributed by atoms with Crippen LogP contribution in [0.15, 0.2) is 151 Å². The predicted octanol–water partition coefficient (Wildman–Crippen LogP) is 10.0. The number of aryl methyl sites for hydroxylation is 1. The van der Waals surface area contributed by atoms with E-state index in [4.69, 9.17) is 5.73 Å². The summed E-state index contributed by atoms with van der Waals surface area (Å²) < 4.78 is 1.38. The van der Waals surface area contributed by atoms with Crippen molar-refractivity contribution in [3.63, 3.8) is 0 Å². The molecule has 2 nitrogen and oxygen atoms in total. The average molecular weight is 575 g/mol. The fourth-order valence-corrected chi connectivity index (χ4v) is 7.70. The molecule has 1 aliphatic carbocycles. The van der Waals surface area contributed by atoms with Gasteiger partial charge in [-0.2, -0.15) is 0 Å². The molecule has 1 aliphatic rings. The molecule has 3 N–H and O–H groups in total. The van der Waals surface area contributed by atoms with Crippen LogP contribution in [-0.4, -0.2) is 0 Å². The van der Waals surface area contributed by atoms with Crippen LogP contribution in [0.3, 0.4) is 0 Å². The molecule has 1 aromatic heterocycles. The predicted molar refractivity (Wildman–Crippen MR) is 184 cm³/mol. The number of rotatable bonds is 8. The maximum atomic E-state index is 6.69. The van der Waals surface area contributed by atoms with Crippen molar-refractivity contribution < 1.29 is 0 Å². The Kier molecular flexibility index (Phi) is 7.64. The van der Waals surface area contributed by atoms with Gasteiger partial charge in [-0.1, -0.05) is 133 Å². The van der Waals surface area contributed by atoms with Crippen molar-refractivity contribution in [1.29, 1.82) is 0 Å². The van der Waals surface area contributed by atoms with Gasteiger partial charge in [-0.25, -0.2) is 0 Å². The molecule has 0 aliphatic heterocycles. The number of hydrogen-bond acceptors (Lipinski definition) is 3. The van der Waals surface area contributed by atoms with Gasteiger partial charge in [0.2, 0.25) is 0 Å². The van der Waals surface area contributed by atoms with Crippen LogP contribution in [0.2, 0.25) is 0 Å². The molecule has 0 saturated carbocycles. The monoisotopic (exact) mass is 574 g/mol. The highest BCUT2D eigenvalue weighted by atomic mass is 32.1. The number of para-hydroxylation sites is 1. The molecule has 0 fully saturated rings. The zero-order valence-corrected chi connectivity index (χ0v) is 24.9. The minimum Gasteiger partial charge on any atom is -0.398 e. The maximum absolute atomic E-state index is 6.69. The van der Waals surface area contributed by atoms with Gasteiger partial charge in [0.25, 0.3) is 0 Å². The highest BCUT2D eigenvalue weighted by Gasteiger charge is 2.26. The number of fused-ring (bicyclic) bond motifs is 3. The van der Waals surface area contributed by atoms with E-state index in [9.17, 15) is 0 Å². The highest BCUT2D eigenvalue weighted by molar-refractivity contribution is 7.20. The summed E-state index contributed by atoms with van der Waals surface area (Å²) in [6.07, 6.45) is 5.13. The third-order valence-corrected chi connectivity index (χ3v) is 9.68. The van der Waals surface area contributed by atoms with Crippen molar-refractivity contribution in [1.82, 2.24) is 0 Å². The van der Waals surface area contributed by atoms with Gasteiger partial charge in [-0.05, 0) is 64.6 Å². The quantitative estimate of drug-likeness (QED) is 0.190. The second kappa shape index (κ2) is 12.2. The number of allylic oxidation sites excluding steroid dienone is 2. The molecule has 0 saturated heterocycles. The lowest BCUT2D eigenvalue weighted by molar-refractivity contribution is 0.842. The van der Waals surface area contributed by atoms with Crippen molar-refractivity contribution in [2.45, 2.75) is 25.2 Å². The molecular weight excluding hydrogens is 541 g/mol. The second-order valence-corrected chi connectivity index (χ2v) is 12.1. The molecule has 0 spiro atoms. The first kappa shape index (κ1) is 27.0. The first-order chi connectivity index (χ1) is 21.2. The lowest BCUT2D eigenvalue weighted by Crippen LogP contribution is -2.10. The van der Waals surface area contributed by atoms with Gasteiger partial charge >= 0.3 is 0 Å². The van der Waals surface area contributed by atoms with E-state index in [1.54, 1.807) is 0 Å². The second-order valence-electron chi connectivity index (χ2n) is 11.1. The number of hydrogen-bond donors (Lipinski definition) is 2. The van der Waals surface area contributed by atoms with Crippen LogP contribution in [0.5, 0.6) is 0 Å². The molecule has 1 atom stereocenters. The van der Waals surface area contributed by atoms with Gasteiger partial charge in [0.15, 0.2) is 0 Å².